The Kier molecular flexibility index (Phi) is 6.37. The van der Waals surface area contributed by atoms with Gasteiger partial charge in [0.2, 0.25) is 0 Å². The largest absolute Gasteiger partial charge is 0.497 e. The van der Waals surface area contributed by atoms with Gasteiger partial charge in [0.05, 0.1) is 32.4 Å². The van der Waals surface area contributed by atoms with Crippen molar-refractivity contribution in [2.75, 3.05) is 45.4 Å². The number of morpholine rings is 1. The molecule has 1 atom stereocenters. The summed E-state index contributed by atoms with van der Waals surface area (Å²) in [5.74, 6) is 2.60. The maximum atomic E-state index is 6.26. The Bertz CT molecular complexity index is 1010. The summed E-state index contributed by atoms with van der Waals surface area (Å²) in [6, 6.07) is 14.2. The van der Waals surface area contributed by atoms with Gasteiger partial charge in [0.1, 0.15) is 17.4 Å². The molecule has 2 heterocycles. The molecule has 1 saturated heterocycles. The van der Waals surface area contributed by atoms with Crippen molar-refractivity contribution in [3.63, 3.8) is 0 Å². The normalized spacial score (nSPS) is 15.6. The summed E-state index contributed by atoms with van der Waals surface area (Å²) in [4.78, 5) is 14.3. The van der Waals surface area contributed by atoms with Gasteiger partial charge in [-0.1, -0.05) is 23.7 Å². The fourth-order valence-electron chi connectivity index (χ4n) is 3.72. The Morgan fingerprint density at radius 2 is 1.87 bits per heavy atom. The first-order valence-corrected chi connectivity index (χ1v) is 10.6. The van der Waals surface area contributed by atoms with Crippen molar-refractivity contribution in [2.45, 2.75) is 19.5 Å². The average Bonchev–Trinajstić information content (AvgIpc) is 2.78. The van der Waals surface area contributed by atoms with Gasteiger partial charge in [-0.2, -0.15) is 0 Å². The van der Waals surface area contributed by atoms with Crippen molar-refractivity contribution in [3.05, 3.63) is 58.9 Å². The first-order chi connectivity index (χ1) is 14.5. The summed E-state index contributed by atoms with van der Waals surface area (Å²) in [7, 11) is 3.77. The number of benzene rings is 2. The van der Waals surface area contributed by atoms with E-state index in [2.05, 4.69) is 35.9 Å². The van der Waals surface area contributed by atoms with E-state index in [0.717, 1.165) is 41.4 Å². The van der Waals surface area contributed by atoms with Crippen molar-refractivity contribution in [3.8, 4) is 5.75 Å². The SMILES string of the molecule is COc1ccc(C(C)N(C)Cc2nc(N3CCOCC3)c3ccc(Cl)cc3n2)cc1. The van der Waals surface area contributed by atoms with Gasteiger partial charge < -0.3 is 14.4 Å². The molecule has 0 radical (unpaired) electrons. The van der Waals surface area contributed by atoms with E-state index < -0.39 is 0 Å². The quantitative estimate of drug-likeness (QED) is 0.585. The highest BCUT2D eigenvalue weighted by Gasteiger charge is 2.19. The maximum Gasteiger partial charge on any atom is 0.145 e. The number of halogens is 1. The molecule has 0 bridgehead atoms. The second kappa shape index (κ2) is 9.16. The zero-order valence-corrected chi connectivity index (χ0v) is 18.4. The zero-order valence-electron chi connectivity index (χ0n) is 17.6. The molecule has 1 fully saturated rings. The van der Waals surface area contributed by atoms with Crippen molar-refractivity contribution >= 4 is 28.3 Å². The number of aromatic nitrogens is 2. The van der Waals surface area contributed by atoms with Crippen LogP contribution in [0.4, 0.5) is 5.82 Å². The van der Waals surface area contributed by atoms with E-state index >= 15 is 0 Å². The fraction of sp³-hybridized carbons (Fsp3) is 0.391. The molecule has 6 nitrogen and oxygen atoms in total. The summed E-state index contributed by atoms with van der Waals surface area (Å²) in [5, 5.41) is 1.70. The van der Waals surface area contributed by atoms with E-state index in [9.17, 15) is 0 Å². The van der Waals surface area contributed by atoms with Gasteiger partial charge in [-0.15, -0.1) is 0 Å². The lowest BCUT2D eigenvalue weighted by Gasteiger charge is -2.30. The van der Waals surface area contributed by atoms with Crippen LogP contribution in [0.5, 0.6) is 5.75 Å². The molecule has 1 aliphatic rings. The van der Waals surface area contributed by atoms with Crippen LogP contribution in [0.1, 0.15) is 24.4 Å². The highest BCUT2D eigenvalue weighted by Crippen LogP contribution is 2.28. The molecule has 1 aromatic heterocycles. The predicted molar refractivity (Wildman–Crippen MR) is 120 cm³/mol. The highest BCUT2D eigenvalue weighted by atomic mass is 35.5. The summed E-state index contributed by atoms with van der Waals surface area (Å²) in [6.45, 7) is 5.89. The fourth-order valence-corrected chi connectivity index (χ4v) is 3.88. The summed E-state index contributed by atoms with van der Waals surface area (Å²) < 4.78 is 10.8. The first kappa shape index (κ1) is 20.8. The van der Waals surface area contributed by atoms with Crippen LogP contribution in [0.3, 0.4) is 0 Å². The lowest BCUT2D eigenvalue weighted by Crippen LogP contribution is -2.37. The van der Waals surface area contributed by atoms with Crippen LogP contribution in [-0.4, -0.2) is 55.3 Å². The number of rotatable bonds is 6. The number of methoxy groups -OCH3 is 1. The molecule has 1 unspecified atom stereocenters. The lowest BCUT2D eigenvalue weighted by molar-refractivity contribution is 0.122. The number of fused-ring (bicyclic) bond motifs is 1. The number of hydrogen-bond acceptors (Lipinski definition) is 6. The molecule has 0 spiro atoms. The second-order valence-electron chi connectivity index (χ2n) is 7.59. The topological polar surface area (TPSA) is 50.7 Å². The number of hydrogen-bond donors (Lipinski definition) is 0. The minimum Gasteiger partial charge on any atom is -0.497 e. The lowest BCUT2D eigenvalue weighted by atomic mass is 10.1. The summed E-state index contributed by atoms with van der Waals surface area (Å²) in [6.07, 6.45) is 0. The van der Waals surface area contributed by atoms with Gasteiger partial charge in [-0.05, 0) is 49.9 Å². The van der Waals surface area contributed by atoms with E-state index in [0.29, 0.717) is 24.8 Å². The Hall–Kier alpha value is -2.41. The number of ether oxygens (including phenoxy) is 2. The summed E-state index contributed by atoms with van der Waals surface area (Å²) >= 11 is 6.26. The third-order valence-electron chi connectivity index (χ3n) is 5.65. The van der Waals surface area contributed by atoms with Gasteiger partial charge in [0.15, 0.2) is 0 Å². The maximum absolute atomic E-state index is 6.26. The van der Waals surface area contributed by atoms with Crippen LogP contribution in [0.25, 0.3) is 10.9 Å². The number of anilines is 1. The molecular weight excluding hydrogens is 400 g/mol. The van der Waals surface area contributed by atoms with E-state index in [1.54, 1.807) is 7.11 Å². The molecule has 0 amide bonds. The van der Waals surface area contributed by atoms with Crippen LogP contribution in [-0.2, 0) is 11.3 Å². The molecule has 7 heteroatoms. The minimum atomic E-state index is 0.210. The molecule has 0 saturated carbocycles. The summed E-state index contributed by atoms with van der Waals surface area (Å²) in [5.41, 5.74) is 2.09. The van der Waals surface area contributed by atoms with Crippen molar-refractivity contribution in [1.29, 1.82) is 0 Å². The zero-order chi connectivity index (χ0) is 21.1. The van der Waals surface area contributed by atoms with Gasteiger partial charge in [-0.25, -0.2) is 9.97 Å². The molecule has 158 valence electrons. The van der Waals surface area contributed by atoms with E-state index in [-0.39, 0.29) is 6.04 Å². The van der Waals surface area contributed by atoms with E-state index in [4.69, 9.17) is 31.0 Å². The third-order valence-corrected chi connectivity index (χ3v) is 5.88. The third kappa shape index (κ3) is 4.51. The molecule has 2 aromatic carbocycles. The Balaban J connectivity index is 1.62. The molecule has 0 aliphatic carbocycles. The van der Waals surface area contributed by atoms with Gasteiger partial charge in [-0.3, -0.25) is 4.90 Å². The van der Waals surface area contributed by atoms with E-state index in [1.165, 1.54) is 5.56 Å². The molecule has 3 aromatic rings. The van der Waals surface area contributed by atoms with Gasteiger partial charge in [0, 0.05) is 29.5 Å². The van der Waals surface area contributed by atoms with E-state index in [1.807, 2.05) is 30.3 Å². The monoisotopic (exact) mass is 426 g/mol. The minimum absolute atomic E-state index is 0.210. The van der Waals surface area contributed by atoms with Crippen LogP contribution < -0.4 is 9.64 Å². The van der Waals surface area contributed by atoms with Crippen molar-refractivity contribution < 1.29 is 9.47 Å². The van der Waals surface area contributed by atoms with Gasteiger partial charge in [0.25, 0.3) is 0 Å². The van der Waals surface area contributed by atoms with Crippen LogP contribution >= 0.6 is 11.6 Å². The van der Waals surface area contributed by atoms with Crippen LogP contribution in [0.2, 0.25) is 5.02 Å². The van der Waals surface area contributed by atoms with Crippen LogP contribution in [0, 0.1) is 0 Å². The molecule has 4 rings (SSSR count). The number of nitrogens with zero attached hydrogens (tertiary/aromatic N) is 4. The second-order valence-corrected chi connectivity index (χ2v) is 8.03. The van der Waals surface area contributed by atoms with Crippen molar-refractivity contribution in [1.82, 2.24) is 14.9 Å². The Morgan fingerprint density at radius 3 is 2.57 bits per heavy atom. The standard InChI is InChI=1S/C23H27ClN4O2/c1-16(17-4-7-19(29-3)8-5-17)27(2)15-22-25-21-14-18(24)6-9-20(21)23(26-22)28-10-12-30-13-11-28/h4-9,14,16H,10-13,15H2,1-3H3. The smallest absolute Gasteiger partial charge is 0.145 e. The van der Waals surface area contributed by atoms with Crippen LogP contribution in [0.15, 0.2) is 42.5 Å². The molecular formula is C23H27ClN4O2. The highest BCUT2D eigenvalue weighted by molar-refractivity contribution is 6.31. The van der Waals surface area contributed by atoms with Crippen molar-refractivity contribution in [2.24, 2.45) is 0 Å². The molecule has 0 N–H and O–H groups in total. The average molecular weight is 427 g/mol. The van der Waals surface area contributed by atoms with Gasteiger partial charge >= 0.3 is 0 Å². The predicted octanol–water partition coefficient (Wildman–Crippen LogP) is 4.32. The Labute approximate surface area is 182 Å². The molecule has 30 heavy (non-hydrogen) atoms. The molecule has 1 aliphatic heterocycles. The first-order valence-electron chi connectivity index (χ1n) is 10.2. The Morgan fingerprint density at radius 1 is 1.13 bits per heavy atom.